The van der Waals surface area contributed by atoms with Crippen LogP contribution in [0.2, 0.25) is 0 Å². The topological polar surface area (TPSA) is 106 Å². The van der Waals surface area contributed by atoms with E-state index >= 15 is 0 Å². The SMILES string of the molecule is Cc1cc(O)n(CCCC[C@H](N)C(=O)O)c1C=O. The third-order valence-electron chi connectivity index (χ3n) is 2.89. The number of aliphatic carboxylic acids is 1. The van der Waals surface area contributed by atoms with Crippen molar-refractivity contribution in [3.05, 3.63) is 17.3 Å². The van der Waals surface area contributed by atoms with Gasteiger partial charge in [0.05, 0.1) is 5.69 Å². The van der Waals surface area contributed by atoms with Gasteiger partial charge in [0, 0.05) is 12.6 Å². The van der Waals surface area contributed by atoms with Gasteiger partial charge in [0.2, 0.25) is 0 Å². The second kappa shape index (κ2) is 6.20. The monoisotopic (exact) mass is 254 g/mol. The average Bonchev–Trinajstić information content (AvgIpc) is 2.58. The maximum Gasteiger partial charge on any atom is 0.320 e. The molecule has 0 bridgehead atoms. The molecule has 1 aromatic rings. The summed E-state index contributed by atoms with van der Waals surface area (Å²) in [5, 5.41) is 18.2. The molecular weight excluding hydrogens is 236 g/mol. The van der Waals surface area contributed by atoms with Crippen LogP contribution in [-0.2, 0) is 11.3 Å². The number of nitrogens with two attached hydrogens (primary N) is 1. The molecular formula is C12H18N2O4. The predicted octanol–water partition coefficient (Wildman–Crippen LogP) is 0.897. The van der Waals surface area contributed by atoms with E-state index in [0.29, 0.717) is 37.8 Å². The highest BCUT2D eigenvalue weighted by Gasteiger charge is 2.12. The van der Waals surface area contributed by atoms with E-state index in [0.717, 1.165) is 5.56 Å². The second-order valence-electron chi connectivity index (χ2n) is 4.28. The van der Waals surface area contributed by atoms with Crippen molar-refractivity contribution >= 4 is 12.3 Å². The number of nitrogens with zero attached hydrogens (tertiary/aromatic N) is 1. The van der Waals surface area contributed by atoms with Gasteiger partial charge in [0.15, 0.2) is 12.2 Å². The summed E-state index contributed by atoms with van der Waals surface area (Å²) in [5.74, 6) is -0.958. The first-order valence-electron chi connectivity index (χ1n) is 5.80. The molecule has 1 atom stereocenters. The molecule has 0 spiro atoms. The van der Waals surface area contributed by atoms with Gasteiger partial charge in [0.25, 0.3) is 0 Å². The van der Waals surface area contributed by atoms with Crippen molar-refractivity contribution < 1.29 is 19.8 Å². The lowest BCUT2D eigenvalue weighted by atomic mass is 10.1. The lowest BCUT2D eigenvalue weighted by Crippen LogP contribution is -2.29. The van der Waals surface area contributed by atoms with Crippen molar-refractivity contribution in [2.24, 2.45) is 5.73 Å². The standard InChI is InChI=1S/C12H18N2O4/c1-8-6-11(16)14(10(8)7-15)5-3-2-4-9(13)12(17)18/h6-7,9,16H,2-5,13H2,1H3,(H,17,18)/t9-/m0/s1. The van der Waals surface area contributed by atoms with E-state index in [1.807, 2.05) is 0 Å². The van der Waals surface area contributed by atoms with Crippen molar-refractivity contribution in [1.29, 1.82) is 0 Å². The van der Waals surface area contributed by atoms with Crippen LogP contribution in [0.3, 0.4) is 0 Å². The molecule has 0 saturated carbocycles. The van der Waals surface area contributed by atoms with Crippen molar-refractivity contribution in [2.75, 3.05) is 0 Å². The Kier molecular flexibility index (Phi) is 4.91. The number of carboxylic acids is 1. The van der Waals surface area contributed by atoms with E-state index in [1.165, 1.54) is 10.6 Å². The maximum absolute atomic E-state index is 10.9. The van der Waals surface area contributed by atoms with E-state index in [2.05, 4.69) is 0 Å². The minimum Gasteiger partial charge on any atom is -0.494 e. The van der Waals surface area contributed by atoms with Crippen LogP contribution in [0.1, 0.15) is 35.3 Å². The summed E-state index contributed by atoms with van der Waals surface area (Å²) in [5.41, 5.74) is 6.55. The van der Waals surface area contributed by atoms with Gasteiger partial charge in [-0.2, -0.15) is 0 Å². The summed E-state index contributed by atoms with van der Waals surface area (Å²) in [7, 11) is 0. The molecule has 1 rings (SSSR count). The number of hydrogen-bond acceptors (Lipinski definition) is 4. The predicted molar refractivity (Wildman–Crippen MR) is 65.7 cm³/mol. The summed E-state index contributed by atoms with van der Waals surface area (Å²) in [4.78, 5) is 21.4. The zero-order valence-corrected chi connectivity index (χ0v) is 10.3. The lowest BCUT2D eigenvalue weighted by Gasteiger charge is -2.09. The third-order valence-corrected chi connectivity index (χ3v) is 2.89. The van der Waals surface area contributed by atoms with Crippen LogP contribution in [0.25, 0.3) is 0 Å². The molecule has 0 saturated heterocycles. The number of rotatable bonds is 7. The Balaban J connectivity index is 2.49. The van der Waals surface area contributed by atoms with E-state index < -0.39 is 12.0 Å². The fraction of sp³-hybridized carbons (Fsp3) is 0.500. The number of carbonyl (C=O) groups is 2. The molecule has 1 aromatic heterocycles. The highest BCUT2D eigenvalue weighted by Crippen LogP contribution is 2.20. The summed E-state index contributed by atoms with van der Waals surface area (Å²) in [6.45, 7) is 2.22. The normalized spacial score (nSPS) is 12.3. The van der Waals surface area contributed by atoms with Crippen LogP contribution >= 0.6 is 0 Å². The number of aryl methyl sites for hydroxylation is 1. The average molecular weight is 254 g/mol. The van der Waals surface area contributed by atoms with Crippen LogP contribution in [0.5, 0.6) is 5.88 Å². The maximum atomic E-state index is 10.9. The molecule has 0 aromatic carbocycles. The first-order valence-corrected chi connectivity index (χ1v) is 5.80. The van der Waals surface area contributed by atoms with Gasteiger partial charge in [-0.25, -0.2) is 0 Å². The molecule has 6 heteroatoms. The van der Waals surface area contributed by atoms with Gasteiger partial charge in [-0.05, 0) is 31.7 Å². The first-order chi connectivity index (χ1) is 8.47. The number of unbranched alkanes of at least 4 members (excludes halogenated alkanes) is 1. The zero-order chi connectivity index (χ0) is 13.7. The molecule has 0 aliphatic carbocycles. The molecule has 6 nitrogen and oxygen atoms in total. The Morgan fingerprint density at radius 3 is 2.78 bits per heavy atom. The van der Waals surface area contributed by atoms with Gasteiger partial charge in [-0.1, -0.05) is 0 Å². The number of aromatic nitrogens is 1. The summed E-state index contributed by atoms with van der Waals surface area (Å²) < 4.78 is 1.52. The molecule has 18 heavy (non-hydrogen) atoms. The molecule has 1 heterocycles. The Bertz CT molecular complexity index is 440. The highest BCUT2D eigenvalue weighted by atomic mass is 16.4. The van der Waals surface area contributed by atoms with Crippen LogP contribution in [0, 0.1) is 6.92 Å². The molecule has 0 radical (unpaired) electrons. The van der Waals surface area contributed by atoms with E-state index in [4.69, 9.17) is 10.8 Å². The van der Waals surface area contributed by atoms with Crippen LogP contribution in [0.4, 0.5) is 0 Å². The largest absolute Gasteiger partial charge is 0.494 e. The van der Waals surface area contributed by atoms with Crippen molar-refractivity contribution in [1.82, 2.24) is 4.57 Å². The zero-order valence-electron chi connectivity index (χ0n) is 10.3. The highest BCUT2D eigenvalue weighted by molar-refractivity contribution is 5.75. The Morgan fingerprint density at radius 1 is 1.56 bits per heavy atom. The smallest absolute Gasteiger partial charge is 0.320 e. The minimum atomic E-state index is -1.01. The molecule has 0 amide bonds. The minimum absolute atomic E-state index is 0.0529. The van der Waals surface area contributed by atoms with E-state index in [-0.39, 0.29) is 5.88 Å². The fourth-order valence-corrected chi connectivity index (χ4v) is 1.83. The van der Waals surface area contributed by atoms with Gasteiger partial charge >= 0.3 is 5.97 Å². The summed E-state index contributed by atoms with van der Waals surface area (Å²) >= 11 is 0. The molecule has 4 N–H and O–H groups in total. The van der Waals surface area contributed by atoms with E-state index in [1.54, 1.807) is 6.92 Å². The summed E-state index contributed by atoms with van der Waals surface area (Å²) in [6.07, 6.45) is 2.37. The van der Waals surface area contributed by atoms with Gasteiger partial charge < -0.3 is 20.5 Å². The molecule has 0 aliphatic rings. The van der Waals surface area contributed by atoms with Crippen LogP contribution < -0.4 is 5.73 Å². The van der Waals surface area contributed by atoms with Crippen LogP contribution in [0.15, 0.2) is 6.07 Å². The Labute approximate surface area is 105 Å². The van der Waals surface area contributed by atoms with E-state index in [9.17, 15) is 14.7 Å². The number of aldehydes is 1. The first kappa shape index (κ1) is 14.2. The van der Waals surface area contributed by atoms with Gasteiger partial charge in [-0.15, -0.1) is 0 Å². The number of carbonyl (C=O) groups excluding carboxylic acids is 1. The lowest BCUT2D eigenvalue weighted by molar-refractivity contribution is -0.138. The van der Waals surface area contributed by atoms with Gasteiger partial charge in [0.1, 0.15) is 6.04 Å². The van der Waals surface area contributed by atoms with Crippen molar-refractivity contribution in [3.63, 3.8) is 0 Å². The Hall–Kier alpha value is -1.82. The van der Waals surface area contributed by atoms with Crippen molar-refractivity contribution in [3.8, 4) is 5.88 Å². The van der Waals surface area contributed by atoms with Crippen LogP contribution in [-0.4, -0.2) is 33.1 Å². The molecule has 0 aliphatic heterocycles. The van der Waals surface area contributed by atoms with Gasteiger partial charge in [-0.3, -0.25) is 9.59 Å². The number of carboxylic acid groups (broad SMARTS) is 1. The number of aromatic hydroxyl groups is 1. The molecule has 100 valence electrons. The second-order valence-corrected chi connectivity index (χ2v) is 4.28. The third kappa shape index (κ3) is 3.33. The fourth-order valence-electron chi connectivity index (χ4n) is 1.83. The molecule has 0 unspecified atom stereocenters. The number of hydrogen-bond donors (Lipinski definition) is 3. The van der Waals surface area contributed by atoms with Crippen molar-refractivity contribution in [2.45, 2.75) is 38.8 Å². The Morgan fingerprint density at radius 2 is 2.22 bits per heavy atom. The quantitative estimate of drug-likeness (QED) is 0.495. The molecule has 0 fully saturated rings. The summed E-state index contributed by atoms with van der Waals surface area (Å²) in [6, 6.07) is 0.683.